The molecule has 0 amide bonds. The Labute approximate surface area is 138 Å². The Bertz CT molecular complexity index is 702. The molecule has 0 atom stereocenters. The zero-order valence-corrected chi connectivity index (χ0v) is 14.4. The van der Waals surface area contributed by atoms with Crippen molar-refractivity contribution in [2.24, 2.45) is 0 Å². The van der Waals surface area contributed by atoms with Gasteiger partial charge in [-0.1, -0.05) is 24.3 Å². The highest BCUT2D eigenvalue weighted by atomic mass is 127. The first-order valence-corrected chi connectivity index (χ1v) is 10.1. The molecule has 118 valence electrons. The average molecular weight is 438 g/mol. The van der Waals surface area contributed by atoms with Gasteiger partial charge in [-0.25, -0.2) is 17.2 Å². The molecule has 0 bridgehead atoms. The second-order valence-electron chi connectivity index (χ2n) is 4.61. The lowest BCUT2D eigenvalue weighted by Gasteiger charge is -2.00. The van der Waals surface area contributed by atoms with Crippen LogP contribution in [0.25, 0.3) is 0 Å². The van der Waals surface area contributed by atoms with Crippen molar-refractivity contribution in [2.45, 2.75) is 18.1 Å². The molecule has 3 rings (SSSR count). The Morgan fingerprint density at radius 1 is 0.909 bits per heavy atom. The Morgan fingerprint density at radius 2 is 1.32 bits per heavy atom. The summed E-state index contributed by atoms with van der Waals surface area (Å²) in [6.07, 6.45) is 1.15. The highest BCUT2D eigenvalue weighted by molar-refractivity contribution is 7.86. The maximum atomic E-state index is 13.3. The summed E-state index contributed by atoms with van der Waals surface area (Å²) in [5, 5.41) is -0.535. The van der Waals surface area contributed by atoms with E-state index in [0.29, 0.717) is 20.0 Å². The fourth-order valence-corrected chi connectivity index (χ4v) is 4.49. The van der Waals surface area contributed by atoms with Crippen molar-refractivity contribution in [3.63, 3.8) is 0 Å². The van der Waals surface area contributed by atoms with Gasteiger partial charge in [0, 0.05) is 5.25 Å². The van der Waals surface area contributed by atoms with Gasteiger partial charge in [0.15, 0.2) is 11.6 Å². The van der Waals surface area contributed by atoms with Crippen LogP contribution in [-0.4, -0.2) is 18.2 Å². The summed E-state index contributed by atoms with van der Waals surface area (Å²) in [7, 11) is -3.88. The molecule has 0 N–H and O–H groups in total. The van der Waals surface area contributed by atoms with Crippen LogP contribution in [0.3, 0.4) is 0 Å². The molecule has 2 aromatic carbocycles. The molecule has 0 spiro atoms. The lowest BCUT2D eigenvalue weighted by molar-refractivity contribution is -0.603. The van der Waals surface area contributed by atoms with E-state index in [1.165, 1.54) is 12.1 Å². The zero-order chi connectivity index (χ0) is 16.2. The van der Waals surface area contributed by atoms with E-state index in [-0.39, 0.29) is 11.6 Å². The van der Waals surface area contributed by atoms with Gasteiger partial charge in [0.1, 0.15) is 0 Å². The summed E-state index contributed by atoms with van der Waals surface area (Å²) < 4.78 is 57.4. The van der Waals surface area contributed by atoms with Crippen LogP contribution >= 0.6 is 0 Å². The topological polar surface area (TPSA) is 57.2 Å². The standard InChI is InChI=1S/C12H8F2I.C3H6O3S/c13-9-5-1-3-7-11(9)15-12-8-4-2-6-10(12)14;4-7(5,6)3-1-2-3/h1-8H;3H,1-2H2,(H,4,5,6)/q+1;/p-1. The molecule has 0 radical (unpaired) electrons. The van der Waals surface area contributed by atoms with Crippen LogP contribution in [0.1, 0.15) is 12.8 Å². The molecule has 0 unspecified atom stereocenters. The van der Waals surface area contributed by atoms with E-state index in [4.69, 9.17) is 0 Å². The van der Waals surface area contributed by atoms with Crippen molar-refractivity contribution in [3.05, 3.63) is 67.3 Å². The van der Waals surface area contributed by atoms with Crippen LogP contribution in [0.4, 0.5) is 8.78 Å². The Kier molecular flexibility index (Phi) is 5.87. The Morgan fingerprint density at radius 3 is 1.59 bits per heavy atom. The Hall–Kier alpha value is -1.06. The maximum absolute atomic E-state index is 13.3. The molecule has 2 aromatic rings. The second-order valence-corrected chi connectivity index (χ2v) is 9.13. The molecule has 1 aliphatic rings. The minimum Gasteiger partial charge on any atom is -0.748 e. The van der Waals surface area contributed by atoms with Gasteiger partial charge in [-0.2, -0.15) is 0 Å². The van der Waals surface area contributed by atoms with E-state index in [9.17, 15) is 21.8 Å². The largest absolute Gasteiger partial charge is 0.748 e. The molecule has 0 saturated heterocycles. The van der Waals surface area contributed by atoms with Crippen LogP contribution in [0, 0.1) is 18.8 Å². The van der Waals surface area contributed by atoms with E-state index < -0.39 is 36.6 Å². The molecular weight excluding hydrogens is 425 g/mol. The predicted molar refractivity (Wildman–Crippen MR) is 72.9 cm³/mol. The highest BCUT2D eigenvalue weighted by Crippen LogP contribution is 2.26. The summed E-state index contributed by atoms with van der Waals surface area (Å²) in [5.41, 5.74) is 0. The predicted octanol–water partition coefficient (Wildman–Crippen LogP) is -0.213. The summed E-state index contributed by atoms with van der Waals surface area (Å²) in [4.78, 5) is 0. The molecule has 1 saturated carbocycles. The van der Waals surface area contributed by atoms with E-state index in [0.717, 1.165) is 0 Å². The highest BCUT2D eigenvalue weighted by Gasteiger charge is 2.27. The van der Waals surface area contributed by atoms with Crippen molar-refractivity contribution in [2.75, 3.05) is 0 Å². The lowest BCUT2D eigenvalue weighted by atomic mass is 10.4. The number of benzene rings is 2. The summed E-state index contributed by atoms with van der Waals surface area (Å²) in [6.45, 7) is 0. The van der Waals surface area contributed by atoms with Crippen molar-refractivity contribution < 1.29 is 43.0 Å². The van der Waals surface area contributed by atoms with Crippen molar-refractivity contribution in [1.82, 2.24) is 0 Å². The number of hydrogen-bond donors (Lipinski definition) is 0. The Balaban J connectivity index is 0.000000211. The van der Waals surface area contributed by atoms with Gasteiger partial charge in [0.2, 0.25) is 7.14 Å². The average Bonchev–Trinajstić information content (AvgIpc) is 3.28. The first-order valence-electron chi connectivity index (χ1n) is 6.46. The van der Waals surface area contributed by atoms with E-state index in [1.54, 1.807) is 36.4 Å². The fourth-order valence-electron chi connectivity index (χ4n) is 1.50. The first-order chi connectivity index (χ1) is 10.4. The lowest BCUT2D eigenvalue weighted by Crippen LogP contribution is -3.62. The number of hydrogen-bond acceptors (Lipinski definition) is 3. The van der Waals surface area contributed by atoms with Gasteiger partial charge in [0.25, 0.3) is 0 Å². The third-order valence-electron chi connectivity index (χ3n) is 2.78. The molecule has 0 aromatic heterocycles. The maximum Gasteiger partial charge on any atom is 0.364 e. The third kappa shape index (κ3) is 5.29. The van der Waals surface area contributed by atoms with Crippen molar-refractivity contribution in [1.29, 1.82) is 0 Å². The minimum atomic E-state index is -3.88. The van der Waals surface area contributed by atoms with Crippen molar-refractivity contribution >= 4 is 10.1 Å². The monoisotopic (exact) mass is 438 g/mol. The van der Waals surface area contributed by atoms with Gasteiger partial charge >= 0.3 is 21.2 Å². The van der Waals surface area contributed by atoms with Crippen LogP contribution in [0.15, 0.2) is 48.5 Å². The SMILES string of the molecule is Fc1ccccc1[I+]c1ccccc1F.O=S(=O)([O-])C1CC1. The summed E-state index contributed by atoms with van der Waals surface area (Å²) >= 11 is -0.765. The molecule has 0 heterocycles. The number of halogens is 3. The van der Waals surface area contributed by atoms with E-state index in [1.807, 2.05) is 0 Å². The van der Waals surface area contributed by atoms with Gasteiger partial charge in [-0.05, 0) is 37.1 Å². The summed E-state index contributed by atoms with van der Waals surface area (Å²) in [6, 6.07) is 13.1. The quantitative estimate of drug-likeness (QED) is 0.493. The second kappa shape index (κ2) is 7.47. The van der Waals surface area contributed by atoms with E-state index >= 15 is 0 Å². The molecule has 22 heavy (non-hydrogen) atoms. The fraction of sp³-hybridized carbons (Fsp3) is 0.200. The zero-order valence-electron chi connectivity index (χ0n) is 11.4. The van der Waals surface area contributed by atoms with Crippen LogP contribution in [-0.2, 0) is 10.1 Å². The van der Waals surface area contributed by atoms with Crippen LogP contribution < -0.4 is 21.2 Å². The molecule has 0 aliphatic heterocycles. The molecule has 1 fully saturated rings. The van der Waals surface area contributed by atoms with Gasteiger partial charge < -0.3 is 4.55 Å². The van der Waals surface area contributed by atoms with Crippen LogP contribution in [0.5, 0.6) is 0 Å². The van der Waals surface area contributed by atoms with Gasteiger partial charge in [0.05, 0.1) is 10.1 Å². The molecule has 1 aliphatic carbocycles. The van der Waals surface area contributed by atoms with Crippen molar-refractivity contribution in [3.8, 4) is 0 Å². The molecule has 3 nitrogen and oxygen atoms in total. The third-order valence-corrected chi connectivity index (χ3v) is 6.98. The normalized spacial score (nSPS) is 14.1. The smallest absolute Gasteiger partial charge is 0.364 e. The van der Waals surface area contributed by atoms with Gasteiger partial charge in [-0.15, -0.1) is 0 Å². The van der Waals surface area contributed by atoms with Crippen LogP contribution in [0.2, 0.25) is 0 Å². The number of rotatable bonds is 3. The molecule has 7 heteroatoms. The molecular formula is C15H13F2IO3S. The van der Waals surface area contributed by atoms with Gasteiger partial charge in [-0.3, -0.25) is 0 Å². The van der Waals surface area contributed by atoms with E-state index in [2.05, 4.69) is 0 Å². The first kappa shape index (κ1) is 17.3. The summed E-state index contributed by atoms with van der Waals surface area (Å²) in [5.74, 6) is -0.484. The minimum absolute atomic E-state index is 0.242.